The Morgan fingerprint density at radius 1 is 1.20 bits per heavy atom. The quantitative estimate of drug-likeness (QED) is 0.762. The number of amides is 1. The van der Waals surface area contributed by atoms with E-state index in [9.17, 15) is 9.90 Å². The van der Waals surface area contributed by atoms with Gasteiger partial charge < -0.3 is 10.0 Å². The summed E-state index contributed by atoms with van der Waals surface area (Å²) in [5, 5.41) is 14.4. The number of aliphatic hydroxyl groups excluding tert-OH is 1. The lowest BCUT2D eigenvalue weighted by molar-refractivity contribution is 0.0715. The fraction of sp³-hybridized carbons (Fsp3) is 0.583. The minimum atomic E-state index is 0.107. The van der Waals surface area contributed by atoms with Crippen LogP contribution >= 0.6 is 0 Å². The summed E-state index contributed by atoms with van der Waals surface area (Å²) in [6.07, 6.45) is 6.19. The van der Waals surface area contributed by atoms with Gasteiger partial charge in [0.05, 0.1) is 6.61 Å². The maximum absolute atomic E-state index is 13.3. The van der Waals surface area contributed by atoms with E-state index in [4.69, 9.17) is 5.10 Å². The molecule has 1 amide bonds. The molecule has 0 spiro atoms. The van der Waals surface area contributed by atoms with Crippen LogP contribution in [0.2, 0.25) is 0 Å². The van der Waals surface area contributed by atoms with Gasteiger partial charge in [0.25, 0.3) is 5.91 Å². The van der Waals surface area contributed by atoms with Crippen LogP contribution in [0.5, 0.6) is 0 Å². The number of carbonyl (C=O) groups excluding carboxylic acids is 1. The van der Waals surface area contributed by atoms with Crippen molar-refractivity contribution >= 4 is 5.91 Å². The Bertz CT molecular complexity index is 842. The summed E-state index contributed by atoms with van der Waals surface area (Å²) < 4.78 is 2.04. The van der Waals surface area contributed by atoms with Gasteiger partial charge in [-0.15, -0.1) is 0 Å². The van der Waals surface area contributed by atoms with Crippen molar-refractivity contribution in [3.05, 3.63) is 52.8 Å². The zero-order valence-corrected chi connectivity index (χ0v) is 18.1. The normalized spacial score (nSPS) is 19.2. The highest BCUT2D eigenvalue weighted by Crippen LogP contribution is 2.29. The number of fused-ring (bicyclic) bond motifs is 1. The third kappa shape index (κ3) is 4.44. The van der Waals surface area contributed by atoms with Crippen LogP contribution in [-0.2, 0) is 25.9 Å². The molecule has 0 saturated carbocycles. The molecule has 0 unspecified atom stereocenters. The van der Waals surface area contributed by atoms with E-state index in [-0.39, 0.29) is 12.5 Å². The molecule has 30 heavy (non-hydrogen) atoms. The number of rotatable bonds is 7. The predicted molar refractivity (Wildman–Crippen MR) is 117 cm³/mol. The van der Waals surface area contributed by atoms with Crippen LogP contribution in [0.15, 0.2) is 30.3 Å². The molecule has 1 N–H and O–H groups in total. The van der Waals surface area contributed by atoms with E-state index in [1.165, 1.54) is 17.7 Å². The third-order valence-electron chi connectivity index (χ3n) is 6.60. The van der Waals surface area contributed by atoms with E-state index >= 15 is 0 Å². The number of aromatic nitrogens is 2. The first-order valence-electron chi connectivity index (χ1n) is 11.5. The highest BCUT2D eigenvalue weighted by molar-refractivity contribution is 5.94. The second kappa shape index (κ2) is 9.75. The first-order chi connectivity index (χ1) is 14.7. The van der Waals surface area contributed by atoms with Crippen molar-refractivity contribution in [2.24, 2.45) is 0 Å². The Labute approximate surface area is 179 Å². The largest absolute Gasteiger partial charge is 0.395 e. The molecule has 1 aliphatic heterocycles. The smallest absolute Gasteiger partial charge is 0.274 e. The van der Waals surface area contributed by atoms with Crippen LogP contribution in [0, 0.1) is 0 Å². The van der Waals surface area contributed by atoms with Crippen molar-refractivity contribution in [3.63, 3.8) is 0 Å². The Morgan fingerprint density at radius 2 is 1.97 bits per heavy atom. The lowest BCUT2D eigenvalue weighted by Crippen LogP contribution is -2.41. The van der Waals surface area contributed by atoms with Crippen LogP contribution in [0.3, 0.4) is 0 Å². The molecule has 1 saturated heterocycles. The Balaban J connectivity index is 1.57. The highest BCUT2D eigenvalue weighted by atomic mass is 16.3. The van der Waals surface area contributed by atoms with Crippen molar-refractivity contribution in [1.29, 1.82) is 0 Å². The fourth-order valence-electron chi connectivity index (χ4n) is 5.00. The summed E-state index contributed by atoms with van der Waals surface area (Å²) in [5.74, 6) is 0.107. The molecule has 0 bridgehead atoms. The van der Waals surface area contributed by atoms with Gasteiger partial charge in [0.2, 0.25) is 0 Å². The van der Waals surface area contributed by atoms with Gasteiger partial charge in [-0.05, 0) is 51.0 Å². The van der Waals surface area contributed by atoms with E-state index in [0.717, 1.165) is 63.8 Å². The average molecular weight is 411 g/mol. The molecule has 0 radical (unpaired) electrons. The number of nitrogens with zero attached hydrogens (tertiary/aromatic N) is 4. The number of hydrogen-bond acceptors (Lipinski definition) is 4. The van der Waals surface area contributed by atoms with Gasteiger partial charge in [0.15, 0.2) is 5.69 Å². The summed E-state index contributed by atoms with van der Waals surface area (Å²) in [5.41, 5.74) is 4.30. The molecule has 162 valence electrons. The van der Waals surface area contributed by atoms with Crippen LogP contribution in [0.1, 0.15) is 59.9 Å². The maximum atomic E-state index is 13.3. The standard InChI is InChI=1S/C24H34N4O2/c1-2-28-22-12-11-20(27(15-16-29)18-19-9-5-3-6-10-19)17-21(22)23(25-28)24(30)26-13-7-4-8-14-26/h3,5-6,9-10,20,29H,2,4,7-8,11-18H2,1H3/t20-/m0/s1. The summed E-state index contributed by atoms with van der Waals surface area (Å²) >= 11 is 0. The lowest BCUT2D eigenvalue weighted by atomic mass is 9.89. The summed E-state index contributed by atoms with van der Waals surface area (Å²) in [6, 6.07) is 10.7. The van der Waals surface area contributed by atoms with E-state index in [0.29, 0.717) is 18.3 Å². The molecule has 4 rings (SSSR count). The molecule has 1 aliphatic carbocycles. The molecular formula is C24H34N4O2. The number of hydrogen-bond donors (Lipinski definition) is 1. The van der Waals surface area contributed by atoms with E-state index in [2.05, 4.69) is 36.1 Å². The molecule has 2 aliphatic rings. The fourth-order valence-corrected chi connectivity index (χ4v) is 5.00. The summed E-state index contributed by atoms with van der Waals surface area (Å²) in [4.78, 5) is 17.7. The van der Waals surface area contributed by atoms with Crippen LogP contribution in [0.4, 0.5) is 0 Å². The average Bonchev–Trinajstić information content (AvgIpc) is 3.17. The van der Waals surface area contributed by atoms with Crippen molar-refractivity contribution < 1.29 is 9.90 Å². The zero-order valence-electron chi connectivity index (χ0n) is 18.1. The van der Waals surface area contributed by atoms with Crippen LogP contribution < -0.4 is 0 Å². The second-order valence-electron chi connectivity index (χ2n) is 8.52. The van der Waals surface area contributed by atoms with Crippen molar-refractivity contribution in [3.8, 4) is 0 Å². The molecule has 6 nitrogen and oxygen atoms in total. The van der Waals surface area contributed by atoms with Gasteiger partial charge in [-0.1, -0.05) is 30.3 Å². The van der Waals surface area contributed by atoms with Crippen molar-refractivity contribution in [2.75, 3.05) is 26.2 Å². The number of piperidine rings is 1. The third-order valence-corrected chi connectivity index (χ3v) is 6.60. The first-order valence-corrected chi connectivity index (χ1v) is 11.5. The van der Waals surface area contributed by atoms with Gasteiger partial charge in [-0.3, -0.25) is 14.4 Å². The van der Waals surface area contributed by atoms with Gasteiger partial charge in [-0.25, -0.2) is 0 Å². The van der Waals surface area contributed by atoms with Gasteiger partial charge in [0, 0.05) is 50.0 Å². The predicted octanol–water partition coefficient (Wildman–Crippen LogP) is 2.88. The van der Waals surface area contributed by atoms with E-state index in [1.54, 1.807) is 0 Å². The van der Waals surface area contributed by atoms with Gasteiger partial charge >= 0.3 is 0 Å². The Kier molecular flexibility index (Phi) is 6.85. The Morgan fingerprint density at radius 3 is 2.67 bits per heavy atom. The molecule has 1 atom stereocenters. The molecule has 6 heteroatoms. The monoisotopic (exact) mass is 410 g/mol. The molecular weight excluding hydrogens is 376 g/mol. The SMILES string of the molecule is CCn1nc(C(=O)N2CCCCC2)c2c1CC[C@H](N(CCO)Cc1ccccc1)C2. The minimum Gasteiger partial charge on any atom is -0.395 e. The van der Waals surface area contributed by atoms with Crippen LogP contribution in [0.25, 0.3) is 0 Å². The van der Waals surface area contributed by atoms with E-state index in [1.807, 2.05) is 15.6 Å². The molecule has 1 fully saturated rings. The topological polar surface area (TPSA) is 61.6 Å². The summed E-state index contributed by atoms with van der Waals surface area (Å²) in [7, 11) is 0. The molecule has 2 heterocycles. The number of benzene rings is 1. The maximum Gasteiger partial charge on any atom is 0.274 e. The highest BCUT2D eigenvalue weighted by Gasteiger charge is 2.33. The molecule has 1 aromatic heterocycles. The number of likely N-dealkylation sites (tertiary alicyclic amines) is 1. The number of aryl methyl sites for hydroxylation is 1. The van der Waals surface area contributed by atoms with Crippen molar-refractivity contribution in [1.82, 2.24) is 19.6 Å². The van der Waals surface area contributed by atoms with Gasteiger partial charge in [-0.2, -0.15) is 5.10 Å². The van der Waals surface area contributed by atoms with Crippen molar-refractivity contribution in [2.45, 2.75) is 64.6 Å². The number of carbonyl (C=O) groups is 1. The minimum absolute atomic E-state index is 0.107. The van der Waals surface area contributed by atoms with E-state index < -0.39 is 0 Å². The zero-order chi connectivity index (χ0) is 20.9. The van der Waals surface area contributed by atoms with Crippen LogP contribution in [-0.4, -0.2) is 62.9 Å². The summed E-state index contributed by atoms with van der Waals surface area (Å²) in [6.45, 7) is 6.20. The lowest BCUT2D eigenvalue weighted by Gasteiger charge is -2.34. The first kappa shape index (κ1) is 21.1. The molecule has 2 aromatic rings. The number of aliphatic hydroxyl groups is 1. The van der Waals surface area contributed by atoms with Gasteiger partial charge in [0.1, 0.15) is 0 Å². The Hall–Kier alpha value is -2.18. The second-order valence-corrected chi connectivity index (χ2v) is 8.52. The molecule has 1 aromatic carbocycles.